The topological polar surface area (TPSA) is 80.3 Å². The van der Waals surface area contributed by atoms with Crippen molar-refractivity contribution in [3.05, 3.63) is 76.0 Å². The predicted octanol–water partition coefficient (Wildman–Crippen LogP) is 2.90. The summed E-state index contributed by atoms with van der Waals surface area (Å²) in [5.41, 5.74) is 3.69. The van der Waals surface area contributed by atoms with Crippen LogP contribution in [0.3, 0.4) is 0 Å². The maximum absolute atomic E-state index is 12.0. The van der Waals surface area contributed by atoms with E-state index in [0.29, 0.717) is 18.9 Å². The average Bonchev–Trinajstić information content (AvgIpc) is 2.81. The van der Waals surface area contributed by atoms with Crippen LogP contribution in [-0.2, 0) is 23.3 Å². The fourth-order valence-electron chi connectivity index (χ4n) is 4.58. The fraction of sp³-hybridized carbons (Fsp3) is 0.375. The van der Waals surface area contributed by atoms with E-state index >= 15 is 0 Å². The van der Waals surface area contributed by atoms with E-state index in [1.807, 2.05) is 36.5 Å². The lowest BCUT2D eigenvalue weighted by Gasteiger charge is -2.44. The number of hydrogen-bond acceptors (Lipinski definition) is 6. The van der Waals surface area contributed by atoms with Crippen molar-refractivity contribution in [2.24, 2.45) is 0 Å². The Morgan fingerprint density at radius 2 is 2.03 bits per heavy atom. The maximum Gasteiger partial charge on any atom is 0.223 e. The van der Waals surface area contributed by atoms with Crippen molar-refractivity contribution < 1.29 is 9.47 Å². The van der Waals surface area contributed by atoms with Crippen molar-refractivity contribution in [2.75, 3.05) is 26.8 Å². The Hall–Kier alpha value is -3.03. The summed E-state index contributed by atoms with van der Waals surface area (Å²) in [6.45, 7) is 3.14. The first-order chi connectivity index (χ1) is 15.2. The Labute approximate surface area is 181 Å². The van der Waals surface area contributed by atoms with Gasteiger partial charge < -0.3 is 14.5 Å². The molecule has 3 aromatic rings. The minimum Gasteiger partial charge on any atom is -0.491 e. The highest BCUT2D eigenvalue weighted by Gasteiger charge is 2.42. The highest BCUT2D eigenvalue weighted by Crippen LogP contribution is 2.41. The van der Waals surface area contributed by atoms with E-state index < -0.39 is 0 Å². The highest BCUT2D eigenvalue weighted by molar-refractivity contribution is 5.55. The molecule has 31 heavy (non-hydrogen) atoms. The standard InChI is InChI=1S/C24H26N4O3/c1-30-21-15-25-19(13-20(21)29)16-28-10-8-24(9-11-28)22-18(7-12-31-24)14-26-23(27-22)17-5-3-2-4-6-17/h2-6,13-15H,7-12,16H2,1H3,(H,25,29). The Morgan fingerprint density at radius 3 is 2.77 bits per heavy atom. The molecule has 1 saturated heterocycles. The van der Waals surface area contributed by atoms with Gasteiger partial charge in [0.2, 0.25) is 5.43 Å². The zero-order valence-electron chi connectivity index (χ0n) is 17.6. The summed E-state index contributed by atoms with van der Waals surface area (Å²) in [5.74, 6) is 1.09. The zero-order chi connectivity index (χ0) is 21.3. The molecule has 1 fully saturated rings. The second-order valence-corrected chi connectivity index (χ2v) is 8.19. The molecule has 0 aliphatic carbocycles. The third-order valence-electron chi connectivity index (χ3n) is 6.29. The molecular weight excluding hydrogens is 392 g/mol. The average molecular weight is 418 g/mol. The normalized spacial score (nSPS) is 18.0. The molecule has 1 aromatic carbocycles. The van der Waals surface area contributed by atoms with Crippen LogP contribution in [0.2, 0.25) is 0 Å². The van der Waals surface area contributed by atoms with Gasteiger partial charge in [0.1, 0.15) is 5.60 Å². The number of ether oxygens (including phenoxy) is 2. The lowest BCUT2D eigenvalue weighted by atomic mass is 9.83. The van der Waals surface area contributed by atoms with Gasteiger partial charge in [0.25, 0.3) is 0 Å². The number of benzene rings is 1. The number of fused-ring (bicyclic) bond motifs is 2. The van der Waals surface area contributed by atoms with Gasteiger partial charge in [0.05, 0.1) is 19.4 Å². The number of aromatic nitrogens is 3. The van der Waals surface area contributed by atoms with Gasteiger partial charge in [-0.15, -0.1) is 0 Å². The molecule has 0 atom stereocenters. The predicted molar refractivity (Wildman–Crippen MR) is 117 cm³/mol. The lowest BCUT2D eigenvalue weighted by molar-refractivity contribution is -0.102. The third kappa shape index (κ3) is 3.86. The second kappa shape index (κ2) is 8.24. The molecule has 7 heteroatoms. The second-order valence-electron chi connectivity index (χ2n) is 8.19. The minimum absolute atomic E-state index is 0.0978. The number of H-pyrrole nitrogens is 1. The van der Waals surface area contributed by atoms with E-state index in [0.717, 1.165) is 55.1 Å². The lowest BCUT2D eigenvalue weighted by Crippen LogP contribution is -2.47. The van der Waals surface area contributed by atoms with Crippen LogP contribution in [0.1, 0.15) is 29.8 Å². The van der Waals surface area contributed by atoms with Crippen LogP contribution in [0.4, 0.5) is 0 Å². The summed E-state index contributed by atoms with van der Waals surface area (Å²) in [6.07, 6.45) is 6.19. The molecule has 2 aromatic heterocycles. The van der Waals surface area contributed by atoms with Crippen molar-refractivity contribution in [1.29, 1.82) is 0 Å². The number of hydrogen-bond donors (Lipinski definition) is 1. The zero-order valence-corrected chi connectivity index (χ0v) is 17.6. The van der Waals surface area contributed by atoms with Crippen LogP contribution in [0.25, 0.3) is 11.4 Å². The molecule has 2 aliphatic rings. The van der Waals surface area contributed by atoms with Gasteiger partial charge in [-0.05, 0) is 24.8 Å². The Kier molecular flexibility index (Phi) is 5.29. The third-order valence-corrected chi connectivity index (χ3v) is 6.29. The molecule has 0 amide bonds. The number of methoxy groups -OCH3 is 1. The van der Waals surface area contributed by atoms with E-state index in [9.17, 15) is 4.79 Å². The molecule has 0 radical (unpaired) electrons. The van der Waals surface area contributed by atoms with Crippen LogP contribution >= 0.6 is 0 Å². The van der Waals surface area contributed by atoms with E-state index in [2.05, 4.69) is 14.9 Å². The molecule has 0 bridgehead atoms. The maximum atomic E-state index is 12.0. The molecule has 1 spiro atoms. The van der Waals surface area contributed by atoms with E-state index in [4.69, 9.17) is 14.5 Å². The first kappa shape index (κ1) is 19.9. The first-order valence-electron chi connectivity index (χ1n) is 10.7. The smallest absolute Gasteiger partial charge is 0.223 e. The summed E-state index contributed by atoms with van der Waals surface area (Å²) in [6, 6.07) is 11.7. The van der Waals surface area contributed by atoms with Gasteiger partial charge in [0.15, 0.2) is 11.6 Å². The van der Waals surface area contributed by atoms with Crippen LogP contribution in [0.5, 0.6) is 5.75 Å². The van der Waals surface area contributed by atoms with Crippen LogP contribution < -0.4 is 10.2 Å². The van der Waals surface area contributed by atoms with Crippen molar-refractivity contribution in [1.82, 2.24) is 19.9 Å². The summed E-state index contributed by atoms with van der Waals surface area (Å²) < 4.78 is 11.4. The highest BCUT2D eigenvalue weighted by atomic mass is 16.5. The molecule has 5 rings (SSSR count). The number of likely N-dealkylation sites (tertiary alicyclic amines) is 1. The van der Waals surface area contributed by atoms with Crippen molar-refractivity contribution in [3.8, 4) is 17.1 Å². The quantitative estimate of drug-likeness (QED) is 0.702. The van der Waals surface area contributed by atoms with Crippen molar-refractivity contribution in [3.63, 3.8) is 0 Å². The molecule has 4 heterocycles. The van der Waals surface area contributed by atoms with Crippen molar-refractivity contribution in [2.45, 2.75) is 31.4 Å². The Bertz CT molecular complexity index is 1120. The number of pyridine rings is 1. The SMILES string of the molecule is COc1c[nH]c(CN2CCC3(CC2)OCCc2cnc(-c4ccccc4)nc23)cc1=O. The van der Waals surface area contributed by atoms with E-state index in [1.165, 1.54) is 12.7 Å². The monoisotopic (exact) mass is 418 g/mol. The van der Waals surface area contributed by atoms with Crippen LogP contribution in [0, 0.1) is 0 Å². The van der Waals surface area contributed by atoms with Crippen molar-refractivity contribution >= 4 is 0 Å². The van der Waals surface area contributed by atoms with Crippen LogP contribution in [-0.4, -0.2) is 46.7 Å². The number of nitrogens with zero attached hydrogens (tertiary/aromatic N) is 3. The van der Waals surface area contributed by atoms with Crippen LogP contribution in [0.15, 0.2) is 53.6 Å². The molecule has 1 N–H and O–H groups in total. The Morgan fingerprint density at radius 1 is 1.23 bits per heavy atom. The largest absolute Gasteiger partial charge is 0.491 e. The van der Waals surface area contributed by atoms with Gasteiger partial charge in [-0.2, -0.15) is 0 Å². The summed E-state index contributed by atoms with van der Waals surface area (Å²) in [5, 5.41) is 0. The fourth-order valence-corrected chi connectivity index (χ4v) is 4.58. The van der Waals surface area contributed by atoms with Gasteiger partial charge in [0, 0.05) is 49.4 Å². The molecule has 160 valence electrons. The van der Waals surface area contributed by atoms with Gasteiger partial charge in [-0.1, -0.05) is 30.3 Å². The molecule has 0 saturated carbocycles. The Balaban J connectivity index is 1.35. The number of nitrogens with one attached hydrogen (secondary N) is 1. The van der Waals surface area contributed by atoms with Gasteiger partial charge in [-0.3, -0.25) is 9.69 Å². The van der Waals surface area contributed by atoms with E-state index in [-0.39, 0.29) is 11.0 Å². The summed E-state index contributed by atoms with van der Waals surface area (Å²) in [7, 11) is 1.50. The first-order valence-corrected chi connectivity index (χ1v) is 10.7. The van der Waals surface area contributed by atoms with E-state index in [1.54, 1.807) is 12.3 Å². The number of aromatic amines is 1. The van der Waals surface area contributed by atoms with Gasteiger partial charge >= 0.3 is 0 Å². The number of rotatable bonds is 4. The molecule has 2 aliphatic heterocycles. The molecule has 7 nitrogen and oxygen atoms in total. The molecule has 0 unspecified atom stereocenters. The number of piperidine rings is 1. The molecular formula is C24H26N4O3. The summed E-state index contributed by atoms with van der Waals surface area (Å²) in [4.78, 5) is 27.2. The minimum atomic E-state index is -0.357. The van der Waals surface area contributed by atoms with Gasteiger partial charge in [-0.25, -0.2) is 9.97 Å². The summed E-state index contributed by atoms with van der Waals surface area (Å²) >= 11 is 0.